The molecule has 0 aromatic heterocycles. The van der Waals surface area contributed by atoms with Gasteiger partial charge in [0.1, 0.15) is 0 Å². The lowest BCUT2D eigenvalue weighted by Gasteiger charge is -2.03. The van der Waals surface area contributed by atoms with Crippen LogP contribution in [-0.4, -0.2) is 8.42 Å². The van der Waals surface area contributed by atoms with E-state index in [9.17, 15) is 8.42 Å². The normalized spacial score (nSPS) is 11.8. The van der Waals surface area contributed by atoms with Gasteiger partial charge >= 0.3 is 0 Å². The maximum absolute atomic E-state index is 11.5. The van der Waals surface area contributed by atoms with Gasteiger partial charge in [-0.2, -0.15) is 0 Å². The van der Waals surface area contributed by atoms with Crippen LogP contribution >= 0.6 is 0 Å². The van der Waals surface area contributed by atoms with Crippen molar-refractivity contribution >= 4 is 10.0 Å². The summed E-state index contributed by atoms with van der Waals surface area (Å²) >= 11 is 0. The Balaban J connectivity index is 2.99. The minimum absolute atomic E-state index is 0.223. The predicted molar refractivity (Wildman–Crippen MR) is 54.8 cm³/mol. The molecule has 0 aliphatic rings. The summed E-state index contributed by atoms with van der Waals surface area (Å²) in [5.74, 6) is 0. The van der Waals surface area contributed by atoms with Gasteiger partial charge in [0, 0.05) is 12.4 Å². The van der Waals surface area contributed by atoms with Gasteiger partial charge in [-0.25, -0.2) is 8.42 Å². The molecule has 0 saturated heterocycles. The van der Waals surface area contributed by atoms with Crippen molar-refractivity contribution in [1.82, 2.24) is 4.72 Å². The Morgan fingerprint density at radius 3 is 2.36 bits per heavy atom. The van der Waals surface area contributed by atoms with Crippen LogP contribution in [0.4, 0.5) is 0 Å². The number of rotatable bonds is 3. The summed E-state index contributed by atoms with van der Waals surface area (Å²) in [6.45, 7) is 1.89. The van der Waals surface area contributed by atoms with Crippen molar-refractivity contribution in [2.24, 2.45) is 5.73 Å². The van der Waals surface area contributed by atoms with E-state index in [1.54, 1.807) is 24.3 Å². The highest BCUT2D eigenvalue weighted by Gasteiger charge is 2.10. The molecule has 0 heterocycles. The molecule has 1 aromatic rings. The summed E-state index contributed by atoms with van der Waals surface area (Å²) in [5, 5.41) is 0. The van der Waals surface area contributed by atoms with Crippen molar-refractivity contribution in [2.75, 3.05) is 0 Å². The molecule has 0 amide bonds. The molecule has 14 heavy (non-hydrogen) atoms. The molecule has 0 bridgehead atoms. The van der Waals surface area contributed by atoms with Gasteiger partial charge in [0.25, 0.3) is 10.0 Å². The van der Waals surface area contributed by atoms with Gasteiger partial charge in [0.05, 0.1) is 4.90 Å². The van der Waals surface area contributed by atoms with E-state index in [-0.39, 0.29) is 4.90 Å². The zero-order chi connectivity index (χ0) is 10.6. The Kier molecular flexibility index (Phi) is 3.14. The Morgan fingerprint density at radius 1 is 1.29 bits per heavy atom. The minimum Gasteiger partial charge on any atom is -0.403 e. The van der Waals surface area contributed by atoms with Crippen molar-refractivity contribution < 1.29 is 8.42 Å². The first-order valence-corrected chi connectivity index (χ1v) is 5.50. The van der Waals surface area contributed by atoms with E-state index in [2.05, 4.69) is 4.72 Å². The second-order valence-electron chi connectivity index (χ2n) is 2.79. The van der Waals surface area contributed by atoms with Crippen molar-refractivity contribution in [3.63, 3.8) is 0 Å². The van der Waals surface area contributed by atoms with Crippen LogP contribution in [0.25, 0.3) is 0 Å². The minimum atomic E-state index is -3.46. The van der Waals surface area contributed by atoms with Crippen LogP contribution in [0, 0.1) is 6.92 Å². The highest BCUT2D eigenvalue weighted by molar-refractivity contribution is 7.89. The fourth-order valence-electron chi connectivity index (χ4n) is 0.914. The maximum Gasteiger partial charge on any atom is 0.261 e. The van der Waals surface area contributed by atoms with Crippen LogP contribution in [0.2, 0.25) is 0 Å². The van der Waals surface area contributed by atoms with Crippen LogP contribution in [0.3, 0.4) is 0 Å². The molecule has 76 valence electrons. The van der Waals surface area contributed by atoms with E-state index < -0.39 is 10.0 Å². The molecule has 0 saturated carbocycles. The number of hydrogen-bond acceptors (Lipinski definition) is 3. The zero-order valence-corrected chi connectivity index (χ0v) is 8.58. The SMILES string of the molecule is Cc1ccc(S(=O)(=O)NC=CN)cc1. The van der Waals surface area contributed by atoms with Gasteiger partial charge in [-0.15, -0.1) is 0 Å². The van der Waals surface area contributed by atoms with E-state index in [0.29, 0.717) is 0 Å². The summed E-state index contributed by atoms with van der Waals surface area (Å²) in [6, 6.07) is 6.56. The fourth-order valence-corrected chi connectivity index (χ4v) is 1.80. The lowest BCUT2D eigenvalue weighted by atomic mass is 10.2. The van der Waals surface area contributed by atoms with Gasteiger partial charge in [-0.05, 0) is 19.1 Å². The van der Waals surface area contributed by atoms with Crippen molar-refractivity contribution in [3.8, 4) is 0 Å². The van der Waals surface area contributed by atoms with Crippen LogP contribution in [-0.2, 0) is 10.0 Å². The Labute approximate surface area is 83.5 Å². The lowest BCUT2D eigenvalue weighted by Crippen LogP contribution is -2.18. The second-order valence-corrected chi connectivity index (χ2v) is 4.51. The molecule has 0 radical (unpaired) electrons. The zero-order valence-electron chi connectivity index (χ0n) is 7.77. The number of nitrogens with one attached hydrogen (secondary N) is 1. The largest absolute Gasteiger partial charge is 0.403 e. The maximum atomic E-state index is 11.5. The van der Waals surface area contributed by atoms with Gasteiger partial charge in [-0.1, -0.05) is 17.7 Å². The number of hydrogen-bond donors (Lipinski definition) is 2. The van der Waals surface area contributed by atoms with Crippen molar-refractivity contribution in [3.05, 3.63) is 42.2 Å². The topological polar surface area (TPSA) is 72.2 Å². The summed E-state index contributed by atoms with van der Waals surface area (Å²) in [5.41, 5.74) is 6.04. The summed E-state index contributed by atoms with van der Waals surface area (Å²) in [7, 11) is -3.46. The smallest absolute Gasteiger partial charge is 0.261 e. The first-order chi connectivity index (χ1) is 6.56. The van der Waals surface area contributed by atoms with E-state index in [1.807, 2.05) is 6.92 Å². The van der Waals surface area contributed by atoms with Crippen LogP contribution in [0.15, 0.2) is 41.6 Å². The average Bonchev–Trinajstić information content (AvgIpc) is 2.16. The molecule has 0 aliphatic heterocycles. The van der Waals surface area contributed by atoms with Crippen LogP contribution in [0.1, 0.15) is 5.56 Å². The molecule has 1 rings (SSSR count). The van der Waals surface area contributed by atoms with E-state index >= 15 is 0 Å². The average molecular weight is 212 g/mol. The molecule has 5 heteroatoms. The lowest BCUT2D eigenvalue weighted by molar-refractivity contribution is 0.590. The quantitative estimate of drug-likeness (QED) is 0.774. The third-order valence-corrected chi connectivity index (χ3v) is 2.99. The van der Waals surface area contributed by atoms with Gasteiger partial charge in [-0.3, -0.25) is 4.72 Å². The van der Waals surface area contributed by atoms with Crippen LogP contribution in [0.5, 0.6) is 0 Å². The molecule has 0 unspecified atom stereocenters. The standard InChI is InChI=1S/C9H12N2O2S/c1-8-2-4-9(5-3-8)14(12,13)11-7-6-10/h2-7,11H,10H2,1H3. The second kappa shape index (κ2) is 4.15. The highest BCUT2D eigenvalue weighted by atomic mass is 32.2. The fraction of sp³-hybridized carbons (Fsp3) is 0.111. The number of benzene rings is 1. The molecule has 0 aliphatic carbocycles. The van der Waals surface area contributed by atoms with E-state index in [0.717, 1.165) is 11.8 Å². The highest BCUT2D eigenvalue weighted by Crippen LogP contribution is 2.09. The number of sulfonamides is 1. The predicted octanol–water partition coefficient (Wildman–Crippen LogP) is 0.703. The Morgan fingerprint density at radius 2 is 1.86 bits per heavy atom. The van der Waals surface area contributed by atoms with Crippen LogP contribution < -0.4 is 10.5 Å². The molecule has 0 atom stereocenters. The van der Waals surface area contributed by atoms with Gasteiger partial charge in [0.15, 0.2) is 0 Å². The third-order valence-electron chi connectivity index (χ3n) is 1.65. The van der Waals surface area contributed by atoms with Gasteiger partial charge < -0.3 is 5.73 Å². The number of aryl methyl sites for hydroxylation is 1. The summed E-state index contributed by atoms with van der Waals surface area (Å²) in [6.07, 6.45) is 2.31. The molecule has 0 spiro atoms. The van der Waals surface area contributed by atoms with Crippen molar-refractivity contribution in [2.45, 2.75) is 11.8 Å². The number of nitrogens with two attached hydrogens (primary N) is 1. The Hall–Kier alpha value is -1.49. The Bertz CT molecular complexity index is 421. The molecular weight excluding hydrogens is 200 g/mol. The molecule has 1 aromatic carbocycles. The van der Waals surface area contributed by atoms with Gasteiger partial charge in [0.2, 0.25) is 0 Å². The monoisotopic (exact) mass is 212 g/mol. The summed E-state index contributed by atoms with van der Waals surface area (Å²) in [4.78, 5) is 0.223. The van der Waals surface area contributed by atoms with E-state index in [1.165, 1.54) is 6.20 Å². The van der Waals surface area contributed by atoms with E-state index in [4.69, 9.17) is 5.73 Å². The third kappa shape index (κ3) is 2.50. The summed E-state index contributed by atoms with van der Waals surface area (Å²) < 4.78 is 25.2. The molecular formula is C9H12N2O2S. The molecule has 4 nitrogen and oxygen atoms in total. The molecule has 3 N–H and O–H groups in total. The first-order valence-electron chi connectivity index (χ1n) is 4.02. The molecule has 0 fully saturated rings. The van der Waals surface area contributed by atoms with Crippen molar-refractivity contribution in [1.29, 1.82) is 0 Å². The first kappa shape index (κ1) is 10.6.